The van der Waals surface area contributed by atoms with Crippen LogP contribution in [0.5, 0.6) is 5.75 Å². The number of aromatic nitrogens is 3. The Kier molecular flexibility index (Phi) is 11.5. The maximum absolute atomic E-state index is 13.1. The normalized spacial score (nSPS) is 20.9. The number of methoxy groups -OCH3 is 1. The largest absolute Gasteiger partial charge is 0.497 e. The molecule has 2 aliphatic rings. The number of aliphatic hydroxyl groups excluding tert-OH is 1. The number of aliphatic hydroxyl groups is 1. The minimum atomic E-state index is -2.05. The van der Waals surface area contributed by atoms with Gasteiger partial charge >= 0.3 is 0 Å². The molecule has 54 heavy (non-hydrogen) atoms. The summed E-state index contributed by atoms with van der Waals surface area (Å²) in [5.41, 5.74) is 6.11. The second-order valence-electron chi connectivity index (χ2n) is 15.2. The highest BCUT2D eigenvalue weighted by Crippen LogP contribution is 2.46. The van der Waals surface area contributed by atoms with Gasteiger partial charge in [0.05, 0.1) is 57.0 Å². The summed E-state index contributed by atoms with van der Waals surface area (Å²) in [5.74, 6) is 1.00. The van der Waals surface area contributed by atoms with Gasteiger partial charge in [0, 0.05) is 25.6 Å². The Hall–Kier alpha value is -4.90. The van der Waals surface area contributed by atoms with E-state index in [0.717, 1.165) is 58.8 Å². The molecular formula is C44H51N5O4Si. The van der Waals surface area contributed by atoms with Gasteiger partial charge in [0.2, 0.25) is 5.91 Å². The van der Waals surface area contributed by atoms with Crippen LogP contribution < -0.4 is 14.9 Å². The van der Waals surface area contributed by atoms with E-state index < -0.39 is 8.07 Å². The number of carbonyl (C=O) groups excluding carboxylic acids is 1. The van der Waals surface area contributed by atoms with Crippen molar-refractivity contribution in [2.45, 2.75) is 82.3 Å². The van der Waals surface area contributed by atoms with E-state index in [-0.39, 0.29) is 30.6 Å². The van der Waals surface area contributed by atoms with Crippen molar-refractivity contribution in [2.24, 2.45) is 11.0 Å². The molecule has 4 aromatic carbocycles. The molecule has 0 radical (unpaired) electrons. The lowest BCUT2D eigenvalue weighted by Gasteiger charge is -2.36. The highest BCUT2D eigenvalue weighted by atomic mass is 28.3. The minimum Gasteiger partial charge on any atom is -0.497 e. The summed E-state index contributed by atoms with van der Waals surface area (Å²) in [6, 6.07) is 37.0. The molecule has 3 heterocycles. The fourth-order valence-electron chi connectivity index (χ4n) is 8.56. The number of amides is 1. The highest BCUT2D eigenvalue weighted by Gasteiger charge is 2.50. The molecule has 2 aliphatic heterocycles. The van der Waals surface area contributed by atoms with Crippen LogP contribution in [-0.4, -0.2) is 65.7 Å². The quantitative estimate of drug-likeness (QED) is 0.120. The summed E-state index contributed by atoms with van der Waals surface area (Å²) in [7, 11) is -0.344. The van der Waals surface area contributed by atoms with Crippen molar-refractivity contribution in [1.29, 1.82) is 0 Å². The molecule has 1 unspecified atom stereocenters. The van der Waals surface area contributed by atoms with Crippen LogP contribution in [0.4, 0.5) is 5.69 Å². The molecule has 5 aromatic rings. The standard InChI is InChI=1S/C44H51N5O4Si/c1-31-41(24-18-32-12-11-17-35(28-32)49-43(51)25-23-39(46-49)34-15-9-6-10-16-34)53-42(44(31)54(3,4)37-21-19-36(52-2)20-22-37)26-27-48-29-40(45-47-48)38(30-50)33-13-7-5-8-14-33/h5-17,19-22,28-29,31,38,41-42,44,50H,18,23-27,30H2,1-4H3/t31-,38?,41+,42-,44+/m1/s1. The molecule has 1 aromatic heterocycles. The lowest BCUT2D eigenvalue weighted by atomic mass is 9.95. The predicted octanol–water partition coefficient (Wildman–Crippen LogP) is 7.35. The van der Waals surface area contributed by atoms with E-state index in [4.69, 9.17) is 14.6 Å². The van der Waals surface area contributed by atoms with Gasteiger partial charge in [-0.05, 0) is 71.7 Å². The first-order valence-corrected chi connectivity index (χ1v) is 22.2. The van der Waals surface area contributed by atoms with E-state index in [0.29, 0.717) is 30.8 Å². The number of anilines is 1. The fraction of sp³-hybridized carbons (Fsp3) is 0.364. The maximum Gasteiger partial charge on any atom is 0.247 e. The smallest absolute Gasteiger partial charge is 0.247 e. The molecule has 0 aliphatic carbocycles. The van der Waals surface area contributed by atoms with E-state index >= 15 is 0 Å². The number of benzene rings is 4. The molecule has 10 heteroatoms. The SMILES string of the molecule is COc1ccc([Si](C)(C)[C@H]2[C@H](C)[C@H](CCc3cccc(N4N=C(c5ccccc5)CCC4=O)c3)O[C@@H]2CCn2cc(C(CO)c3ccccc3)nn2)cc1. The first-order valence-electron chi connectivity index (χ1n) is 19.2. The Morgan fingerprint density at radius 2 is 1.65 bits per heavy atom. The van der Waals surface area contributed by atoms with Gasteiger partial charge in [0.1, 0.15) is 5.75 Å². The molecule has 1 fully saturated rings. The molecule has 7 rings (SSSR count). The summed E-state index contributed by atoms with van der Waals surface area (Å²) in [6.07, 6.45) is 5.69. The number of rotatable bonds is 14. The van der Waals surface area contributed by atoms with Crippen LogP contribution in [0.15, 0.2) is 120 Å². The molecule has 0 saturated carbocycles. The molecule has 0 bridgehead atoms. The van der Waals surface area contributed by atoms with E-state index in [9.17, 15) is 9.90 Å². The third-order valence-electron chi connectivity index (χ3n) is 11.5. The number of hydrazone groups is 1. The zero-order chi connectivity index (χ0) is 37.7. The number of nitrogens with zero attached hydrogens (tertiary/aromatic N) is 5. The van der Waals surface area contributed by atoms with Crippen LogP contribution in [0.1, 0.15) is 60.9 Å². The van der Waals surface area contributed by atoms with Gasteiger partial charge in [-0.3, -0.25) is 9.48 Å². The third kappa shape index (κ3) is 8.11. The van der Waals surface area contributed by atoms with E-state index in [1.807, 2.05) is 83.7 Å². The lowest BCUT2D eigenvalue weighted by Crippen LogP contribution is -2.50. The molecule has 0 spiro atoms. The predicted molar refractivity (Wildman–Crippen MR) is 216 cm³/mol. The third-order valence-corrected chi connectivity index (χ3v) is 15.9. The first-order chi connectivity index (χ1) is 26.2. The summed E-state index contributed by atoms with van der Waals surface area (Å²) in [4.78, 5) is 13.1. The van der Waals surface area contributed by atoms with Crippen molar-refractivity contribution in [3.05, 3.63) is 138 Å². The Labute approximate surface area is 319 Å². The zero-order valence-corrected chi connectivity index (χ0v) is 32.7. The van der Waals surface area contributed by atoms with Crippen molar-refractivity contribution in [2.75, 3.05) is 18.7 Å². The molecule has 5 atom stereocenters. The molecule has 1 N–H and O–H groups in total. The topological polar surface area (TPSA) is 102 Å². The van der Waals surface area contributed by atoms with Gasteiger partial charge in [0.15, 0.2) is 0 Å². The van der Waals surface area contributed by atoms with Crippen LogP contribution in [0, 0.1) is 5.92 Å². The number of hydrogen-bond acceptors (Lipinski definition) is 7. The number of carbonyl (C=O) groups is 1. The van der Waals surface area contributed by atoms with Crippen LogP contribution in [-0.2, 0) is 22.5 Å². The van der Waals surface area contributed by atoms with Crippen molar-refractivity contribution >= 4 is 30.6 Å². The number of hydrogen-bond donors (Lipinski definition) is 1. The summed E-state index contributed by atoms with van der Waals surface area (Å²) in [6.45, 7) is 7.95. The van der Waals surface area contributed by atoms with Crippen molar-refractivity contribution < 1.29 is 19.4 Å². The van der Waals surface area contributed by atoms with E-state index in [2.05, 4.69) is 66.7 Å². The summed E-state index contributed by atoms with van der Waals surface area (Å²) in [5, 5.41) is 27.0. The van der Waals surface area contributed by atoms with Crippen LogP contribution in [0.2, 0.25) is 18.6 Å². The molecule has 280 valence electrons. The number of ether oxygens (including phenoxy) is 2. The maximum atomic E-state index is 13.1. The lowest BCUT2D eigenvalue weighted by molar-refractivity contribution is -0.118. The highest BCUT2D eigenvalue weighted by molar-refractivity contribution is 6.91. The summed E-state index contributed by atoms with van der Waals surface area (Å²) < 4.78 is 14.5. The second-order valence-corrected chi connectivity index (χ2v) is 19.9. The van der Waals surface area contributed by atoms with Crippen molar-refractivity contribution in [1.82, 2.24) is 15.0 Å². The van der Waals surface area contributed by atoms with Crippen molar-refractivity contribution in [3.63, 3.8) is 0 Å². The Balaban J connectivity index is 1.08. The molecule has 9 nitrogen and oxygen atoms in total. The Morgan fingerprint density at radius 1 is 0.907 bits per heavy atom. The molecular weight excluding hydrogens is 691 g/mol. The van der Waals surface area contributed by atoms with Crippen molar-refractivity contribution in [3.8, 4) is 5.75 Å². The van der Waals surface area contributed by atoms with Gasteiger partial charge < -0.3 is 14.6 Å². The molecule has 1 amide bonds. The molecule has 1 saturated heterocycles. The average molecular weight is 742 g/mol. The first kappa shape index (κ1) is 37.4. The van der Waals surface area contributed by atoms with Crippen LogP contribution >= 0.6 is 0 Å². The Morgan fingerprint density at radius 3 is 2.37 bits per heavy atom. The second kappa shape index (κ2) is 16.6. The van der Waals surface area contributed by atoms with Gasteiger partial charge in [-0.2, -0.15) is 5.10 Å². The van der Waals surface area contributed by atoms with Gasteiger partial charge in [0.25, 0.3) is 0 Å². The average Bonchev–Trinajstić information content (AvgIpc) is 3.81. The number of aryl methyl sites for hydroxylation is 2. The van der Waals surface area contributed by atoms with Crippen LogP contribution in [0.3, 0.4) is 0 Å². The van der Waals surface area contributed by atoms with E-state index in [1.165, 1.54) is 5.19 Å². The van der Waals surface area contributed by atoms with Crippen LogP contribution in [0.25, 0.3) is 0 Å². The van der Waals surface area contributed by atoms with Gasteiger partial charge in [-0.25, -0.2) is 5.01 Å². The van der Waals surface area contributed by atoms with E-state index in [1.54, 1.807) is 12.1 Å². The minimum absolute atomic E-state index is 0.0161. The monoisotopic (exact) mass is 741 g/mol. The Bertz CT molecular complexity index is 2040. The summed E-state index contributed by atoms with van der Waals surface area (Å²) >= 11 is 0. The van der Waals surface area contributed by atoms with Gasteiger partial charge in [-0.15, -0.1) is 5.10 Å². The van der Waals surface area contributed by atoms with Gasteiger partial charge in [-0.1, -0.05) is 115 Å². The fourth-order valence-corrected chi connectivity index (χ4v) is 12.7. The zero-order valence-electron chi connectivity index (χ0n) is 31.7.